The number of hydrogen-bond acceptors (Lipinski definition) is 3. The van der Waals surface area contributed by atoms with Crippen molar-refractivity contribution in [2.45, 2.75) is 20.3 Å². The quantitative estimate of drug-likeness (QED) is 0.551. The first-order valence-corrected chi connectivity index (χ1v) is 8.96. The molecule has 2 heterocycles. The van der Waals surface area contributed by atoms with Crippen LogP contribution < -0.4 is 5.32 Å². The first-order chi connectivity index (χ1) is 13.1. The van der Waals surface area contributed by atoms with Crippen LogP contribution in [0.5, 0.6) is 0 Å². The van der Waals surface area contributed by atoms with Crippen molar-refractivity contribution < 1.29 is 4.79 Å². The Morgan fingerprint density at radius 2 is 1.85 bits per heavy atom. The molecule has 0 unspecified atom stereocenters. The summed E-state index contributed by atoms with van der Waals surface area (Å²) in [6.07, 6.45) is 1.02. The second kappa shape index (κ2) is 7.03. The molecule has 4 rings (SSSR count). The van der Waals surface area contributed by atoms with Gasteiger partial charge in [0.25, 0.3) is 0 Å². The molecule has 0 radical (unpaired) electrons. The number of aromatic nitrogens is 3. The highest BCUT2D eigenvalue weighted by molar-refractivity contribution is 5.92. The second-order valence-electron chi connectivity index (χ2n) is 6.48. The normalized spacial score (nSPS) is 10.9. The molecule has 0 aliphatic rings. The van der Waals surface area contributed by atoms with Gasteiger partial charge in [0.1, 0.15) is 5.69 Å². The first-order valence-electron chi connectivity index (χ1n) is 8.96. The number of amides is 1. The molecule has 2 aromatic carbocycles. The van der Waals surface area contributed by atoms with Gasteiger partial charge in [-0.25, -0.2) is 4.98 Å². The van der Waals surface area contributed by atoms with Gasteiger partial charge in [0, 0.05) is 29.1 Å². The minimum Gasteiger partial charge on any atom is -0.326 e. The van der Waals surface area contributed by atoms with Crippen LogP contribution in [0.1, 0.15) is 19.4 Å². The average molecular weight is 356 g/mol. The van der Waals surface area contributed by atoms with Crippen molar-refractivity contribution in [3.63, 3.8) is 0 Å². The van der Waals surface area contributed by atoms with E-state index in [1.54, 1.807) is 0 Å². The van der Waals surface area contributed by atoms with Gasteiger partial charge in [0.15, 0.2) is 5.65 Å². The molecule has 1 amide bonds. The number of rotatable bonds is 4. The van der Waals surface area contributed by atoms with E-state index in [1.807, 2.05) is 36.4 Å². The highest BCUT2D eigenvalue weighted by Gasteiger charge is 2.11. The van der Waals surface area contributed by atoms with E-state index in [2.05, 4.69) is 46.7 Å². The Bertz CT molecular complexity index is 1110. The number of anilines is 1. The van der Waals surface area contributed by atoms with Gasteiger partial charge in [0.2, 0.25) is 5.91 Å². The number of H-pyrrole nitrogens is 1. The van der Waals surface area contributed by atoms with Crippen LogP contribution in [0.25, 0.3) is 33.5 Å². The summed E-state index contributed by atoms with van der Waals surface area (Å²) in [5.74, 6) is -0.0946. The molecule has 0 aliphatic carbocycles. The summed E-state index contributed by atoms with van der Waals surface area (Å²) in [5, 5.41) is 11.3. The molecule has 0 spiro atoms. The molecule has 5 nitrogen and oxygen atoms in total. The van der Waals surface area contributed by atoms with Gasteiger partial charge in [-0.3, -0.25) is 9.89 Å². The van der Waals surface area contributed by atoms with Crippen LogP contribution in [-0.2, 0) is 11.2 Å². The number of fused-ring (bicyclic) bond motifs is 1. The molecular formula is C22H20N4O. The maximum Gasteiger partial charge on any atom is 0.221 e. The van der Waals surface area contributed by atoms with Crippen molar-refractivity contribution >= 4 is 22.6 Å². The predicted octanol–water partition coefficient (Wildman–Crippen LogP) is 4.81. The van der Waals surface area contributed by atoms with Gasteiger partial charge in [-0.2, -0.15) is 5.10 Å². The highest BCUT2D eigenvalue weighted by Crippen LogP contribution is 2.28. The van der Waals surface area contributed by atoms with E-state index in [4.69, 9.17) is 4.98 Å². The van der Waals surface area contributed by atoms with Crippen LogP contribution in [0.4, 0.5) is 5.69 Å². The van der Waals surface area contributed by atoms with Gasteiger partial charge in [-0.05, 0) is 36.2 Å². The minimum absolute atomic E-state index is 0.0946. The van der Waals surface area contributed by atoms with Crippen LogP contribution in [-0.4, -0.2) is 21.1 Å². The molecular weight excluding hydrogens is 336 g/mol. The highest BCUT2D eigenvalue weighted by atomic mass is 16.1. The van der Waals surface area contributed by atoms with E-state index in [1.165, 1.54) is 12.5 Å². The summed E-state index contributed by atoms with van der Waals surface area (Å²) in [6.45, 7) is 3.64. The minimum atomic E-state index is -0.0946. The second-order valence-corrected chi connectivity index (χ2v) is 6.48. The monoisotopic (exact) mass is 356 g/mol. The van der Waals surface area contributed by atoms with Crippen molar-refractivity contribution in [1.29, 1.82) is 0 Å². The third-order valence-electron chi connectivity index (χ3n) is 4.54. The molecule has 2 aromatic heterocycles. The maximum absolute atomic E-state index is 11.3. The summed E-state index contributed by atoms with van der Waals surface area (Å²) in [4.78, 5) is 16.0. The van der Waals surface area contributed by atoms with Crippen molar-refractivity contribution in [1.82, 2.24) is 15.2 Å². The lowest BCUT2D eigenvalue weighted by atomic mass is 10.0. The third-order valence-corrected chi connectivity index (χ3v) is 4.54. The zero-order valence-corrected chi connectivity index (χ0v) is 15.3. The van der Waals surface area contributed by atoms with Gasteiger partial charge in [0.05, 0.1) is 5.69 Å². The largest absolute Gasteiger partial charge is 0.326 e. The number of pyridine rings is 1. The molecule has 0 fully saturated rings. The SMILES string of the molecule is CCc1ccc(-c2n[nH]c3nc(-c4cccc(NC(C)=O)c4)ccc23)cc1. The van der Waals surface area contributed by atoms with Gasteiger partial charge in [-0.15, -0.1) is 0 Å². The standard InChI is InChI=1S/C22H20N4O/c1-3-15-7-9-16(10-8-15)21-19-11-12-20(24-22(19)26-25-21)17-5-4-6-18(13-17)23-14(2)27/h4-13H,3H2,1-2H3,(H,23,27)(H,24,25,26). The number of carbonyl (C=O) groups is 1. The average Bonchev–Trinajstić information content (AvgIpc) is 3.11. The van der Waals surface area contributed by atoms with Crippen molar-refractivity contribution in [3.05, 3.63) is 66.2 Å². The molecule has 0 aliphatic heterocycles. The lowest BCUT2D eigenvalue weighted by molar-refractivity contribution is -0.114. The molecule has 0 atom stereocenters. The number of carbonyl (C=O) groups excluding carboxylic acids is 1. The number of aryl methyl sites for hydroxylation is 1. The smallest absolute Gasteiger partial charge is 0.221 e. The number of benzene rings is 2. The number of nitrogens with one attached hydrogen (secondary N) is 2. The Labute approximate surface area is 157 Å². The number of hydrogen-bond donors (Lipinski definition) is 2. The molecule has 134 valence electrons. The van der Waals surface area contributed by atoms with Crippen molar-refractivity contribution in [2.75, 3.05) is 5.32 Å². The van der Waals surface area contributed by atoms with Crippen LogP contribution in [0.2, 0.25) is 0 Å². The topological polar surface area (TPSA) is 70.7 Å². The Morgan fingerprint density at radius 1 is 1.04 bits per heavy atom. The van der Waals surface area contributed by atoms with Crippen LogP contribution >= 0.6 is 0 Å². The lowest BCUT2D eigenvalue weighted by Gasteiger charge is -2.06. The summed E-state index contributed by atoms with van der Waals surface area (Å²) < 4.78 is 0. The Balaban J connectivity index is 1.71. The van der Waals surface area contributed by atoms with Crippen molar-refractivity contribution in [3.8, 4) is 22.5 Å². The van der Waals surface area contributed by atoms with Crippen LogP contribution in [0.15, 0.2) is 60.7 Å². The van der Waals surface area contributed by atoms with E-state index >= 15 is 0 Å². The lowest BCUT2D eigenvalue weighted by Crippen LogP contribution is -2.05. The summed E-state index contributed by atoms with van der Waals surface area (Å²) >= 11 is 0. The fourth-order valence-electron chi connectivity index (χ4n) is 3.14. The van der Waals surface area contributed by atoms with E-state index in [0.717, 1.165) is 45.7 Å². The van der Waals surface area contributed by atoms with Gasteiger partial charge < -0.3 is 5.32 Å². The van der Waals surface area contributed by atoms with Gasteiger partial charge >= 0.3 is 0 Å². The maximum atomic E-state index is 11.3. The summed E-state index contributed by atoms with van der Waals surface area (Å²) in [5.41, 5.74) is 6.53. The fourth-order valence-corrected chi connectivity index (χ4v) is 3.14. The van der Waals surface area contributed by atoms with Gasteiger partial charge in [-0.1, -0.05) is 43.3 Å². The zero-order chi connectivity index (χ0) is 18.8. The Hall–Kier alpha value is -3.47. The van der Waals surface area contributed by atoms with Crippen LogP contribution in [0, 0.1) is 0 Å². The zero-order valence-electron chi connectivity index (χ0n) is 15.3. The molecule has 27 heavy (non-hydrogen) atoms. The number of aromatic amines is 1. The predicted molar refractivity (Wildman–Crippen MR) is 108 cm³/mol. The molecule has 0 saturated carbocycles. The molecule has 2 N–H and O–H groups in total. The molecule has 0 bridgehead atoms. The first kappa shape index (κ1) is 17.0. The molecule has 4 aromatic rings. The number of nitrogens with zero attached hydrogens (tertiary/aromatic N) is 2. The molecule has 5 heteroatoms. The Morgan fingerprint density at radius 3 is 2.59 bits per heavy atom. The third kappa shape index (κ3) is 3.44. The summed E-state index contributed by atoms with van der Waals surface area (Å²) in [6, 6.07) is 20.1. The van der Waals surface area contributed by atoms with Crippen molar-refractivity contribution in [2.24, 2.45) is 0 Å². The van der Waals surface area contributed by atoms with E-state index in [9.17, 15) is 4.79 Å². The summed E-state index contributed by atoms with van der Waals surface area (Å²) in [7, 11) is 0. The van der Waals surface area contributed by atoms with E-state index < -0.39 is 0 Å². The van der Waals surface area contributed by atoms with E-state index in [0.29, 0.717) is 0 Å². The fraction of sp³-hybridized carbons (Fsp3) is 0.136. The van der Waals surface area contributed by atoms with E-state index in [-0.39, 0.29) is 5.91 Å². The molecule has 0 saturated heterocycles. The van der Waals surface area contributed by atoms with Crippen LogP contribution in [0.3, 0.4) is 0 Å². The Kier molecular flexibility index (Phi) is 4.42.